The fourth-order valence-corrected chi connectivity index (χ4v) is 3.42. The van der Waals surface area contributed by atoms with Crippen molar-refractivity contribution in [2.24, 2.45) is 0 Å². The summed E-state index contributed by atoms with van der Waals surface area (Å²) in [6, 6.07) is 11.9. The Morgan fingerprint density at radius 3 is 2.69 bits per heavy atom. The standard InChI is InChI=1S/C21H25NO3S/c1-4-15-8-11-20(14(2)12-15)25-13-18-17(16-9-10-16)6-5-7-19(18)22(24)21(23)26-3/h5-8,11-12,16,24H,4,9-10,13H2,1-3H3. The van der Waals surface area contributed by atoms with Crippen molar-refractivity contribution in [1.29, 1.82) is 0 Å². The van der Waals surface area contributed by atoms with Crippen LogP contribution in [0.5, 0.6) is 5.75 Å². The number of amides is 1. The Bertz CT molecular complexity index is 802. The van der Waals surface area contributed by atoms with Crippen molar-refractivity contribution >= 4 is 22.7 Å². The quantitative estimate of drug-likeness (QED) is 0.523. The maximum atomic E-state index is 12.0. The lowest BCUT2D eigenvalue weighted by Crippen LogP contribution is -2.24. The minimum Gasteiger partial charge on any atom is -0.489 e. The maximum Gasteiger partial charge on any atom is 0.309 e. The number of carbonyl (C=O) groups excluding carboxylic acids is 1. The molecule has 0 aliphatic heterocycles. The van der Waals surface area contributed by atoms with E-state index in [0.29, 0.717) is 18.2 Å². The lowest BCUT2D eigenvalue weighted by molar-refractivity contribution is 0.223. The fourth-order valence-electron chi connectivity index (χ4n) is 3.15. The number of ether oxygens (including phenoxy) is 1. The van der Waals surface area contributed by atoms with E-state index in [1.165, 1.54) is 11.1 Å². The van der Waals surface area contributed by atoms with Crippen LogP contribution in [0.1, 0.15) is 47.9 Å². The van der Waals surface area contributed by atoms with Crippen LogP contribution in [0.2, 0.25) is 0 Å². The number of benzene rings is 2. The van der Waals surface area contributed by atoms with Crippen LogP contribution in [-0.2, 0) is 13.0 Å². The zero-order chi connectivity index (χ0) is 18.7. The Morgan fingerprint density at radius 1 is 1.31 bits per heavy atom. The molecule has 5 heteroatoms. The summed E-state index contributed by atoms with van der Waals surface area (Å²) in [4.78, 5) is 12.0. The minimum atomic E-state index is -0.400. The molecule has 2 aromatic carbocycles. The summed E-state index contributed by atoms with van der Waals surface area (Å²) in [6.07, 6.45) is 4.93. The van der Waals surface area contributed by atoms with Crippen molar-refractivity contribution in [2.45, 2.75) is 45.6 Å². The Kier molecular flexibility index (Phi) is 5.89. The molecule has 0 spiro atoms. The highest BCUT2D eigenvalue weighted by Crippen LogP contribution is 2.44. The number of hydrogen-bond acceptors (Lipinski definition) is 4. The van der Waals surface area contributed by atoms with Crippen LogP contribution in [-0.4, -0.2) is 16.7 Å². The molecule has 138 valence electrons. The zero-order valence-corrected chi connectivity index (χ0v) is 16.3. The van der Waals surface area contributed by atoms with Gasteiger partial charge in [0.15, 0.2) is 0 Å². The predicted molar refractivity (Wildman–Crippen MR) is 106 cm³/mol. The van der Waals surface area contributed by atoms with Gasteiger partial charge >= 0.3 is 5.24 Å². The number of anilines is 1. The van der Waals surface area contributed by atoms with Crippen molar-refractivity contribution in [2.75, 3.05) is 11.3 Å². The highest BCUT2D eigenvalue weighted by atomic mass is 32.2. The van der Waals surface area contributed by atoms with E-state index in [4.69, 9.17) is 4.74 Å². The summed E-state index contributed by atoms with van der Waals surface area (Å²) >= 11 is 0.984. The van der Waals surface area contributed by atoms with Crippen molar-refractivity contribution in [1.82, 2.24) is 0 Å². The lowest BCUT2D eigenvalue weighted by atomic mass is 10.0. The molecule has 0 saturated heterocycles. The smallest absolute Gasteiger partial charge is 0.309 e. The monoisotopic (exact) mass is 371 g/mol. The SMILES string of the molecule is CCc1ccc(OCc2c(C3CC3)cccc2N(O)C(=O)SC)c(C)c1. The summed E-state index contributed by atoms with van der Waals surface area (Å²) in [7, 11) is 0. The van der Waals surface area contributed by atoms with E-state index in [-0.39, 0.29) is 0 Å². The molecule has 4 nitrogen and oxygen atoms in total. The normalized spacial score (nSPS) is 13.5. The largest absolute Gasteiger partial charge is 0.489 e. The number of rotatable bonds is 6. The molecule has 0 heterocycles. The lowest BCUT2D eigenvalue weighted by Gasteiger charge is -2.21. The highest BCUT2D eigenvalue weighted by Gasteiger charge is 2.29. The molecule has 0 unspecified atom stereocenters. The first kappa shape index (κ1) is 18.8. The Labute approximate surface area is 159 Å². The molecule has 2 aromatic rings. The molecule has 1 N–H and O–H groups in total. The van der Waals surface area contributed by atoms with Gasteiger partial charge < -0.3 is 4.74 Å². The molecule has 26 heavy (non-hydrogen) atoms. The second-order valence-electron chi connectivity index (χ2n) is 6.64. The molecular weight excluding hydrogens is 346 g/mol. The molecule has 0 radical (unpaired) electrons. The number of nitrogens with zero attached hydrogens (tertiary/aromatic N) is 1. The van der Waals surface area contributed by atoms with Crippen LogP contribution in [0, 0.1) is 6.92 Å². The summed E-state index contributed by atoms with van der Waals surface area (Å²) in [5.74, 6) is 1.33. The van der Waals surface area contributed by atoms with Gasteiger partial charge in [0, 0.05) is 5.56 Å². The number of aryl methyl sites for hydroxylation is 2. The van der Waals surface area contributed by atoms with Gasteiger partial charge in [0.25, 0.3) is 0 Å². The van der Waals surface area contributed by atoms with Gasteiger partial charge in [-0.2, -0.15) is 5.06 Å². The van der Waals surface area contributed by atoms with Gasteiger partial charge in [0.1, 0.15) is 12.4 Å². The average molecular weight is 372 g/mol. The zero-order valence-electron chi connectivity index (χ0n) is 15.5. The first-order valence-electron chi connectivity index (χ1n) is 8.96. The summed E-state index contributed by atoms with van der Waals surface area (Å²) < 4.78 is 6.09. The molecule has 1 saturated carbocycles. The van der Waals surface area contributed by atoms with Gasteiger partial charge in [0.2, 0.25) is 0 Å². The number of hydrogen-bond donors (Lipinski definition) is 1. The molecular formula is C21H25NO3S. The van der Waals surface area contributed by atoms with Crippen LogP contribution in [0.25, 0.3) is 0 Å². The minimum absolute atomic E-state index is 0.326. The number of hydroxylamine groups is 1. The Hall–Kier alpha value is -1.98. The molecule has 0 aromatic heterocycles. The molecule has 1 aliphatic rings. The first-order chi connectivity index (χ1) is 12.5. The van der Waals surface area contributed by atoms with E-state index in [2.05, 4.69) is 25.1 Å². The van der Waals surface area contributed by atoms with E-state index in [9.17, 15) is 10.0 Å². The molecule has 1 amide bonds. The van der Waals surface area contributed by atoms with E-state index in [1.807, 2.05) is 19.1 Å². The molecule has 1 aliphatic carbocycles. The van der Waals surface area contributed by atoms with Crippen LogP contribution < -0.4 is 9.80 Å². The van der Waals surface area contributed by atoms with Crippen LogP contribution in [0.3, 0.4) is 0 Å². The second-order valence-corrected chi connectivity index (χ2v) is 7.40. The summed E-state index contributed by atoms with van der Waals surface area (Å²) in [5, 5.41) is 10.7. The predicted octanol–water partition coefficient (Wildman–Crippen LogP) is 5.69. The van der Waals surface area contributed by atoms with Gasteiger partial charge in [-0.3, -0.25) is 10.0 Å². The van der Waals surface area contributed by atoms with Crippen molar-refractivity contribution in [3.63, 3.8) is 0 Å². The van der Waals surface area contributed by atoms with Crippen molar-refractivity contribution in [3.8, 4) is 5.75 Å². The fraction of sp³-hybridized carbons (Fsp3) is 0.381. The summed E-state index contributed by atoms with van der Waals surface area (Å²) in [6.45, 7) is 4.50. The maximum absolute atomic E-state index is 12.0. The van der Waals surface area contributed by atoms with Gasteiger partial charge in [0.05, 0.1) is 5.69 Å². The molecule has 1 fully saturated rings. The highest BCUT2D eigenvalue weighted by molar-refractivity contribution is 8.13. The van der Waals surface area contributed by atoms with Gasteiger partial charge in [-0.15, -0.1) is 0 Å². The van der Waals surface area contributed by atoms with E-state index < -0.39 is 5.24 Å². The first-order valence-corrected chi connectivity index (χ1v) is 10.2. The molecule has 0 atom stereocenters. The number of carbonyl (C=O) groups is 1. The average Bonchev–Trinajstić information content (AvgIpc) is 3.50. The number of thioether (sulfide) groups is 1. The van der Waals surface area contributed by atoms with E-state index >= 15 is 0 Å². The molecule has 3 rings (SSSR count). The Morgan fingerprint density at radius 2 is 2.08 bits per heavy atom. The molecule has 0 bridgehead atoms. The third-order valence-corrected chi connectivity index (χ3v) is 5.32. The van der Waals surface area contributed by atoms with E-state index in [0.717, 1.165) is 53.0 Å². The van der Waals surface area contributed by atoms with Gasteiger partial charge in [-0.25, -0.2) is 0 Å². The third-order valence-electron chi connectivity index (χ3n) is 4.80. The Balaban J connectivity index is 1.89. The van der Waals surface area contributed by atoms with Gasteiger partial charge in [-0.1, -0.05) is 43.0 Å². The van der Waals surface area contributed by atoms with Crippen LogP contribution in [0.4, 0.5) is 10.5 Å². The van der Waals surface area contributed by atoms with Crippen LogP contribution >= 0.6 is 11.8 Å². The summed E-state index contributed by atoms with van der Waals surface area (Å²) in [5.41, 5.74) is 4.94. The second kappa shape index (κ2) is 8.14. The third kappa shape index (κ3) is 4.05. The van der Waals surface area contributed by atoms with Gasteiger partial charge in [-0.05, 0) is 67.2 Å². The van der Waals surface area contributed by atoms with E-state index in [1.54, 1.807) is 12.3 Å². The topological polar surface area (TPSA) is 49.8 Å². The van der Waals surface area contributed by atoms with Crippen molar-refractivity contribution in [3.05, 3.63) is 58.7 Å². The van der Waals surface area contributed by atoms with Crippen molar-refractivity contribution < 1.29 is 14.7 Å². The van der Waals surface area contributed by atoms with Crippen LogP contribution in [0.15, 0.2) is 36.4 Å².